The number of para-hydroxylation sites is 1. The Hall–Kier alpha value is -1.03. The quantitative estimate of drug-likeness (QED) is 0.910. The van der Waals surface area contributed by atoms with E-state index in [1.807, 2.05) is 30.3 Å². The molecule has 0 spiro atoms. The van der Waals surface area contributed by atoms with Crippen LogP contribution in [-0.2, 0) is 12.8 Å². The van der Waals surface area contributed by atoms with Crippen LogP contribution in [-0.4, -0.2) is 13.2 Å². The summed E-state index contributed by atoms with van der Waals surface area (Å²) in [6.45, 7) is 0. The zero-order chi connectivity index (χ0) is 13.0. The molecule has 1 heterocycles. The fourth-order valence-electron chi connectivity index (χ4n) is 1.95. The second-order valence-electron chi connectivity index (χ2n) is 4.19. The number of halogens is 1. The van der Waals surface area contributed by atoms with Crippen molar-refractivity contribution in [1.29, 1.82) is 0 Å². The highest BCUT2D eigenvalue weighted by molar-refractivity contribution is 7.16. The van der Waals surface area contributed by atoms with E-state index in [0.717, 1.165) is 28.5 Å². The van der Waals surface area contributed by atoms with Crippen LogP contribution in [0.2, 0.25) is 4.34 Å². The van der Waals surface area contributed by atoms with Crippen molar-refractivity contribution in [3.8, 4) is 5.75 Å². The zero-order valence-corrected chi connectivity index (χ0v) is 11.8. The van der Waals surface area contributed by atoms with E-state index in [1.54, 1.807) is 18.4 Å². The van der Waals surface area contributed by atoms with E-state index in [9.17, 15) is 0 Å². The van der Waals surface area contributed by atoms with Gasteiger partial charge in [-0.05, 0) is 36.6 Å². The summed E-state index contributed by atoms with van der Waals surface area (Å²) in [4.78, 5) is 1.22. The van der Waals surface area contributed by atoms with Crippen LogP contribution in [0.1, 0.15) is 10.4 Å². The van der Waals surface area contributed by atoms with Crippen molar-refractivity contribution in [3.05, 3.63) is 51.2 Å². The summed E-state index contributed by atoms with van der Waals surface area (Å²) >= 11 is 7.50. The molecule has 2 nitrogen and oxygen atoms in total. The van der Waals surface area contributed by atoms with Crippen LogP contribution in [0.4, 0.5) is 0 Å². The van der Waals surface area contributed by atoms with Crippen molar-refractivity contribution in [1.82, 2.24) is 0 Å². The highest BCUT2D eigenvalue weighted by Crippen LogP contribution is 2.24. The predicted octanol–water partition coefficient (Wildman–Crippen LogP) is 3.52. The monoisotopic (exact) mass is 281 g/mol. The van der Waals surface area contributed by atoms with Gasteiger partial charge in [0.15, 0.2) is 0 Å². The van der Waals surface area contributed by atoms with Gasteiger partial charge in [0, 0.05) is 10.9 Å². The fraction of sp³-hybridized carbons (Fsp3) is 0.286. The number of methoxy groups -OCH3 is 1. The van der Waals surface area contributed by atoms with Gasteiger partial charge in [-0.3, -0.25) is 0 Å². The Bertz CT molecular complexity index is 512. The molecule has 0 aliphatic carbocycles. The smallest absolute Gasteiger partial charge is 0.122 e. The lowest BCUT2D eigenvalue weighted by atomic mass is 10.0. The number of nitrogens with two attached hydrogens (primary N) is 1. The van der Waals surface area contributed by atoms with Crippen LogP contribution >= 0.6 is 22.9 Å². The average molecular weight is 282 g/mol. The molecule has 0 aliphatic rings. The van der Waals surface area contributed by atoms with E-state index >= 15 is 0 Å². The molecule has 0 bridgehead atoms. The van der Waals surface area contributed by atoms with Gasteiger partial charge in [0.1, 0.15) is 5.75 Å². The second-order valence-corrected chi connectivity index (χ2v) is 5.99. The number of rotatable bonds is 5. The topological polar surface area (TPSA) is 35.2 Å². The minimum Gasteiger partial charge on any atom is -0.496 e. The van der Waals surface area contributed by atoms with Gasteiger partial charge < -0.3 is 10.5 Å². The van der Waals surface area contributed by atoms with Crippen LogP contribution < -0.4 is 10.5 Å². The van der Waals surface area contributed by atoms with Crippen molar-refractivity contribution in [3.63, 3.8) is 0 Å². The molecule has 0 saturated carbocycles. The average Bonchev–Trinajstić information content (AvgIpc) is 2.75. The number of thiophene rings is 1. The standard InChI is InChI=1S/C14H16ClNOS/c1-17-13-5-3-2-4-10(13)8-11(16)9-12-6-7-14(15)18-12/h2-7,11H,8-9,16H2,1H3. The van der Waals surface area contributed by atoms with Crippen LogP contribution in [0.5, 0.6) is 5.75 Å². The summed E-state index contributed by atoms with van der Waals surface area (Å²) in [5, 5.41) is 0. The molecule has 96 valence electrons. The highest BCUT2D eigenvalue weighted by Gasteiger charge is 2.10. The van der Waals surface area contributed by atoms with E-state index in [-0.39, 0.29) is 6.04 Å². The molecule has 1 aromatic heterocycles. The molecule has 1 unspecified atom stereocenters. The fourth-order valence-corrected chi connectivity index (χ4v) is 3.13. The maximum absolute atomic E-state index is 6.18. The number of hydrogen-bond acceptors (Lipinski definition) is 3. The van der Waals surface area contributed by atoms with Crippen molar-refractivity contribution < 1.29 is 4.74 Å². The molecule has 0 amide bonds. The van der Waals surface area contributed by atoms with E-state index in [0.29, 0.717) is 0 Å². The lowest BCUT2D eigenvalue weighted by Crippen LogP contribution is -2.25. The summed E-state index contributed by atoms with van der Waals surface area (Å²) in [5.41, 5.74) is 7.33. The number of ether oxygens (including phenoxy) is 1. The van der Waals surface area contributed by atoms with Crippen LogP contribution in [0.25, 0.3) is 0 Å². The summed E-state index contributed by atoms with van der Waals surface area (Å²) < 4.78 is 6.14. The first-order chi connectivity index (χ1) is 8.69. The third-order valence-electron chi connectivity index (χ3n) is 2.77. The van der Waals surface area contributed by atoms with Crippen molar-refractivity contribution in [2.24, 2.45) is 5.73 Å². The third kappa shape index (κ3) is 3.48. The number of hydrogen-bond donors (Lipinski definition) is 1. The van der Waals surface area contributed by atoms with E-state index in [4.69, 9.17) is 22.1 Å². The summed E-state index contributed by atoms with van der Waals surface area (Å²) in [6.07, 6.45) is 1.65. The molecular weight excluding hydrogens is 266 g/mol. The SMILES string of the molecule is COc1ccccc1CC(N)Cc1ccc(Cl)s1. The van der Waals surface area contributed by atoms with Crippen molar-refractivity contribution in [2.45, 2.75) is 18.9 Å². The normalized spacial score (nSPS) is 12.4. The Kier molecular flexibility index (Phi) is 4.64. The van der Waals surface area contributed by atoms with E-state index in [2.05, 4.69) is 6.07 Å². The van der Waals surface area contributed by atoms with E-state index < -0.39 is 0 Å². The first-order valence-electron chi connectivity index (χ1n) is 5.80. The minimum atomic E-state index is 0.0796. The Morgan fingerprint density at radius 3 is 2.67 bits per heavy atom. The van der Waals surface area contributed by atoms with Crippen LogP contribution in [0, 0.1) is 0 Å². The third-order valence-corrected chi connectivity index (χ3v) is 4.02. The Morgan fingerprint density at radius 2 is 2.00 bits per heavy atom. The molecular formula is C14H16ClNOS. The van der Waals surface area contributed by atoms with Gasteiger partial charge in [0.25, 0.3) is 0 Å². The molecule has 0 aliphatic heterocycles. The van der Waals surface area contributed by atoms with Gasteiger partial charge in [-0.1, -0.05) is 29.8 Å². The van der Waals surface area contributed by atoms with Gasteiger partial charge in [0.2, 0.25) is 0 Å². The molecule has 0 radical (unpaired) electrons. The number of benzene rings is 1. The van der Waals surface area contributed by atoms with E-state index in [1.165, 1.54) is 4.88 Å². The molecule has 0 fully saturated rings. The Labute approximate surface area is 116 Å². The Morgan fingerprint density at radius 1 is 1.22 bits per heavy atom. The van der Waals surface area contributed by atoms with Crippen LogP contribution in [0.3, 0.4) is 0 Å². The molecule has 18 heavy (non-hydrogen) atoms. The summed E-state index contributed by atoms with van der Waals surface area (Å²) in [7, 11) is 1.68. The molecule has 1 atom stereocenters. The second kappa shape index (κ2) is 6.23. The molecule has 1 aromatic carbocycles. The van der Waals surface area contributed by atoms with Crippen LogP contribution in [0.15, 0.2) is 36.4 Å². The van der Waals surface area contributed by atoms with Crippen molar-refractivity contribution in [2.75, 3.05) is 7.11 Å². The lowest BCUT2D eigenvalue weighted by molar-refractivity contribution is 0.408. The van der Waals surface area contributed by atoms with Gasteiger partial charge in [-0.15, -0.1) is 11.3 Å². The van der Waals surface area contributed by atoms with Gasteiger partial charge in [-0.25, -0.2) is 0 Å². The molecule has 2 aromatic rings. The largest absolute Gasteiger partial charge is 0.496 e. The first-order valence-corrected chi connectivity index (χ1v) is 7.00. The molecule has 4 heteroatoms. The molecule has 2 N–H and O–H groups in total. The summed E-state index contributed by atoms with van der Waals surface area (Å²) in [6, 6.07) is 12.0. The zero-order valence-electron chi connectivity index (χ0n) is 10.2. The maximum Gasteiger partial charge on any atom is 0.122 e. The Balaban J connectivity index is 2.00. The van der Waals surface area contributed by atoms with Crippen molar-refractivity contribution >= 4 is 22.9 Å². The maximum atomic E-state index is 6.18. The molecule has 2 rings (SSSR count). The predicted molar refractivity (Wildman–Crippen MR) is 77.7 cm³/mol. The highest BCUT2D eigenvalue weighted by atomic mass is 35.5. The molecule has 0 saturated heterocycles. The minimum absolute atomic E-state index is 0.0796. The first kappa shape index (κ1) is 13.4. The van der Waals surface area contributed by atoms with Gasteiger partial charge in [0.05, 0.1) is 11.4 Å². The summed E-state index contributed by atoms with van der Waals surface area (Å²) in [5.74, 6) is 0.900. The van der Waals surface area contributed by atoms with Gasteiger partial charge >= 0.3 is 0 Å². The van der Waals surface area contributed by atoms with Gasteiger partial charge in [-0.2, -0.15) is 0 Å². The lowest BCUT2D eigenvalue weighted by Gasteiger charge is -2.13.